The molecule has 11 heteroatoms. The molecule has 2 aromatic carbocycles. The molecule has 0 atom stereocenters. The van der Waals surface area contributed by atoms with Crippen LogP contribution in [0.4, 0.5) is 11.6 Å². The van der Waals surface area contributed by atoms with Gasteiger partial charge in [0.1, 0.15) is 17.0 Å². The molecule has 176 valence electrons. The number of hydrogen-bond acceptors (Lipinski definition) is 8. The third-order valence-corrected chi connectivity index (χ3v) is 6.08. The van der Waals surface area contributed by atoms with Gasteiger partial charge in [0.15, 0.2) is 5.65 Å². The molecule has 0 aliphatic carbocycles. The molecule has 0 bridgehead atoms. The zero-order valence-corrected chi connectivity index (χ0v) is 19.4. The Labute approximate surface area is 196 Å². The maximum absolute atomic E-state index is 11.5. The Morgan fingerprint density at radius 3 is 2.56 bits per heavy atom. The van der Waals surface area contributed by atoms with Gasteiger partial charge in [0.25, 0.3) is 0 Å². The number of aromatic hydroxyl groups is 1. The van der Waals surface area contributed by atoms with Crippen molar-refractivity contribution in [2.24, 2.45) is 0 Å². The van der Waals surface area contributed by atoms with Gasteiger partial charge in [-0.1, -0.05) is 24.3 Å². The first-order valence-corrected chi connectivity index (χ1v) is 12.7. The van der Waals surface area contributed by atoms with Gasteiger partial charge in [-0.05, 0) is 29.8 Å². The van der Waals surface area contributed by atoms with Crippen LogP contribution in [0.25, 0.3) is 22.4 Å². The summed E-state index contributed by atoms with van der Waals surface area (Å²) in [6, 6.07) is 14.1. The van der Waals surface area contributed by atoms with Gasteiger partial charge in [0, 0.05) is 24.3 Å². The molecule has 10 nitrogen and oxygen atoms in total. The van der Waals surface area contributed by atoms with Crippen LogP contribution in [0.1, 0.15) is 5.56 Å². The van der Waals surface area contributed by atoms with E-state index in [0.29, 0.717) is 61.3 Å². The summed E-state index contributed by atoms with van der Waals surface area (Å²) in [5, 5.41) is 10.0. The summed E-state index contributed by atoms with van der Waals surface area (Å²) in [7, 11) is -3.33. The normalized spacial score (nSPS) is 14.4. The molecule has 34 heavy (non-hydrogen) atoms. The van der Waals surface area contributed by atoms with Crippen LogP contribution in [0.15, 0.2) is 54.9 Å². The van der Waals surface area contributed by atoms with Crippen molar-refractivity contribution in [1.29, 1.82) is 0 Å². The summed E-state index contributed by atoms with van der Waals surface area (Å²) in [6.07, 6.45) is 2.84. The predicted molar refractivity (Wildman–Crippen MR) is 129 cm³/mol. The van der Waals surface area contributed by atoms with E-state index < -0.39 is 10.0 Å². The smallest absolute Gasteiger partial charge is 0.229 e. The first-order chi connectivity index (χ1) is 16.4. The fourth-order valence-electron chi connectivity index (χ4n) is 3.90. The molecule has 1 aliphatic heterocycles. The summed E-state index contributed by atoms with van der Waals surface area (Å²) in [5.74, 6) is 0.739. The summed E-state index contributed by atoms with van der Waals surface area (Å²) in [6.45, 7) is 3.09. The third kappa shape index (κ3) is 4.80. The van der Waals surface area contributed by atoms with Crippen molar-refractivity contribution in [3.05, 3.63) is 60.4 Å². The fourth-order valence-corrected chi connectivity index (χ4v) is 4.46. The molecule has 0 radical (unpaired) electrons. The van der Waals surface area contributed by atoms with Crippen LogP contribution in [-0.2, 0) is 21.3 Å². The van der Waals surface area contributed by atoms with E-state index in [-0.39, 0.29) is 5.75 Å². The van der Waals surface area contributed by atoms with E-state index in [0.717, 1.165) is 17.4 Å². The number of benzene rings is 2. The quantitative estimate of drug-likeness (QED) is 0.432. The van der Waals surface area contributed by atoms with Gasteiger partial charge in [-0.15, -0.1) is 0 Å². The average molecular weight is 481 g/mol. The highest BCUT2D eigenvalue weighted by atomic mass is 32.2. The third-order valence-electron chi connectivity index (χ3n) is 5.48. The molecule has 1 fully saturated rings. The van der Waals surface area contributed by atoms with Gasteiger partial charge >= 0.3 is 0 Å². The highest BCUT2D eigenvalue weighted by molar-refractivity contribution is 7.92. The zero-order valence-electron chi connectivity index (χ0n) is 18.5. The Morgan fingerprint density at radius 1 is 1.09 bits per heavy atom. The fraction of sp³-hybridized carbons (Fsp3) is 0.261. The second kappa shape index (κ2) is 8.92. The zero-order chi connectivity index (χ0) is 23.7. The molecular weight excluding hydrogens is 456 g/mol. The predicted octanol–water partition coefficient (Wildman–Crippen LogP) is 2.46. The van der Waals surface area contributed by atoms with E-state index in [1.54, 1.807) is 36.7 Å². The van der Waals surface area contributed by atoms with Gasteiger partial charge in [-0.2, -0.15) is 4.98 Å². The average Bonchev–Trinajstić information content (AvgIpc) is 3.22. The first-order valence-electron chi connectivity index (χ1n) is 10.8. The van der Waals surface area contributed by atoms with Crippen LogP contribution >= 0.6 is 0 Å². The Bertz CT molecular complexity index is 1430. The molecule has 5 rings (SSSR count). The minimum absolute atomic E-state index is 0.152. The number of aromatic nitrogens is 4. The van der Waals surface area contributed by atoms with Crippen LogP contribution in [0.5, 0.6) is 5.75 Å². The van der Waals surface area contributed by atoms with Gasteiger partial charge in [-0.25, -0.2) is 18.4 Å². The SMILES string of the molecule is CS(=O)(=O)Nc1ccc(Cn2cnc3c(-c4cccc(O)c4)nc(N4CCOCC4)nc32)cc1. The van der Waals surface area contributed by atoms with Gasteiger partial charge in [0.05, 0.1) is 32.3 Å². The lowest BCUT2D eigenvalue weighted by molar-refractivity contribution is 0.122. The van der Waals surface area contributed by atoms with E-state index in [1.165, 1.54) is 0 Å². The topological polar surface area (TPSA) is 122 Å². The second-order valence-corrected chi connectivity index (χ2v) is 9.89. The van der Waals surface area contributed by atoms with E-state index in [4.69, 9.17) is 14.7 Å². The van der Waals surface area contributed by atoms with E-state index >= 15 is 0 Å². The van der Waals surface area contributed by atoms with Crippen molar-refractivity contribution in [3.8, 4) is 17.0 Å². The number of ether oxygens (including phenoxy) is 1. The molecule has 0 unspecified atom stereocenters. The van der Waals surface area contributed by atoms with E-state index in [2.05, 4.69) is 14.6 Å². The molecule has 3 heterocycles. The number of nitrogens with one attached hydrogen (secondary N) is 1. The van der Waals surface area contributed by atoms with Gasteiger partial charge in [0.2, 0.25) is 16.0 Å². The molecule has 0 saturated carbocycles. The largest absolute Gasteiger partial charge is 0.508 e. The summed E-state index contributed by atoms with van der Waals surface area (Å²) in [5.41, 5.74) is 4.18. The number of anilines is 2. The summed E-state index contributed by atoms with van der Waals surface area (Å²) < 4.78 is 32.8. The molecule has 2 N–H and O–H groups in total. The van der Waals surface area contributed by atoms with Crippen LogP contribution < -0.4 is 9.62 Å². The first kappa shape index (κ1) is 22.1. The lowest BCUT2D eigenvalue weighted by Gasteiger charge is -2.27. The molecular formula is C23H24N6O4S. The Balaban J connectivity index is 1.54. The second-order valence-electron chi connectivity index (χ2n) is 8.14. The number of rotatable bonds is 6. The van der Waals surface area contributed by atoms with Crippen molar-refractivity contribution in [2.45, 2.75) is 6.54 Å². The molecule has 4 aromatic rings. The van der Waals surface area contributed by atoms with E-state index in [1.807, 2.05) is 22.8 Å². The van der Waals surface area contributed by atoms with Crippen LogP contribution in [0, 0.1) is 0 Å². The molecule has 2 aromatic heterocycles. The number of morpholine rings is 1. The number of nitrogens with zero attached hydrogens (tertiary/aromatic N) is 5. The van der Waals surface area contributed by atoms with Gasteiger partial charge < -0.3 is 19.3 Å². The highest BCUT2D eigenvalue weighted by Gasteiger charge is 2.20. The van der Waals surface area contributed by atoms with Crippen molar-refractivity contribution in [3.63, 3.8) is 0 Å². The number of phenolic OH excluding ortho intramolecular Hbond substituents is 1. The summed E-state index contributed by atoms with van der Waals surface area (Å²) >= 11 is 0. The number of fused-ring (bicyclic) bond motifs is 1. The standard InChI is InChI=1S/C23H24N6O4S/c1-34(31,32)27-18-7-5-16(6-8-18)14-29-15-24-21-20(17-3-2-4-19(30)13-17)25-23(26-22(21)29)28-9-11-33-12-10-28/h2-8,13,15,27,30H,9-12,14H2,1H3. The maximum atomic E-state index is 11.5. The van der Waals surface area contributed by atoms with Crippen molar-refractivity contribution < 1.29 is 18.3 Å². The number of phenols is 1. The number of hydrogen-bond donors (Lipinski definition) is 2. The van der Waals surface area contributed by atoms with Crippen LogP contribution in [0.2, 0.25) is 0 Å². The van der Waals surface area contributed by atoms with Crippen molar-refractivity contribution in [1.82, 2.24) is 19.5 Å². The maximum Gasteiger partial charge on any atom is 0.229 e. The van der Waals surface area contributed by atoms with Gasteiger partial charge in [-0.3, -0.25) is 4.72 Å². The molecule has 1 aliphatic rings. The minimum atomic E-state index is -3.33. The molecule has 0 spiro atoms. The molecule has 1 saturated heterocycles. The summed E-state index contributed by atoms with van der Waals surface area (Å²) in [4.78, 5) is 16.3. The number of imidazole rings is 1. The lowest BCUT2D eigenvalue weighted by atomic mass is 10.1. The highest BCUT2D eigenvalue weighted by Crippen LogP contribution is 2.30. The lowest BCUT2D eigenvalue weighted by Crippen LogP contribution is -2.37. The van der Waals surface area contributed by atoms with Crippen molar-refractivity contribution >= 4 is 32.8 Å². The van der Waals surface area contributed by atoms with Crippen molar-refractivity contribution in [2.75, 3.05) is 42.2 Å². The number of sulfonamides is 1. The van der Waals surface area contributed by atoms with Crippen LogP contribution in [-0.4, -0.2) is 65.6 Å². The van der Waals surface area contributed by atoms with Crippen LogP contribution in [0.3, 0.4) is 0 Å². The monoisotopic (exact) mass is 480 g/mol. The van der Waals surface area contributed by atoms with E-state index in [9.17, 15) is 13.5 Å². The Hall–Kier alpha value is -3.70. The molecule has 0 amide bonds. The Morgan fingerprint density at radius 2 is 1.85 bits per heavy atom. The minimum Gasteiger partial charge on any atom is -0.508 e. The Kier molecular flexibility index (Phi) is 5.80.